The summed E-state index contributed by atoms with van der Waals surface area (Å²) >= 11 is 0. The van der Waals surface area contributed by atoms with Gasteiger partial charge in [-0.15, -0.1) is 6.58 Å². The molecular weight excluding hydrogens is 276 g/mol. The van der Waals surface area contributed by atoms with Crippen molar-refractivity contribution in [2.45, 2.75) is 76.1 Å². The zero-order valence-corrected chi connectivity index (χ0v) is 13.7. The lowest BCUT2D eigenvalue weighted by molar-refractivity contribution is 0.0884. The largest absolute Gasteiger partial charge is 0.396 e. The molecule has 3 nitrogen and oxygen atoms in total. The average Bonchev–Trinajstić information content (AvgIpc) is 3.10. The van der Waals surface area contributed by atoms with Crippen molar-refractivity contribution < 1.29 is 14.9 Å². The normalized spacial score (nSPS) is 31.9. The van der Waals surface area contributed by atoms with Crippen LogP contribution in [0.4, 0.5) is 0 Å². The number of unbranched alkanes of at least 4 members (excludes halogenated alkanes) is 4. The molecule has 2 N–H and O–H groups in total. The Hall–Kier alpha value is -0.640. The van der Waals surface area contributed by atoms with Crippen LogP contribution in [-0.4, -0.2) is 35.1 Å². The number of hydrogen-bond acceptors (Lipinski definition) is 3. The molecule has 0 spiro atoms. The fourth-order valence-corrected chi connectivity index (χ4v) is 3.98. The Kier molecular flexibility index (Phi) is 7.64. The van der Waals surface area contributed by atoms with Gasteiger partial charge in [0.25, 0.3) is 0 Å². The van der Waals surface area contributed by atoms with Crippen molar-refractivity contribution in [3.8, 4) is 0 Å². The van der Waals surface area contributed by atoms with Crippen molar-refractivity contribution in [2.24, 2.45) is 11.8 Å². The molecule has 2 bridgehead atoms. The third-order valence-corrected chi connectivity index (χ3v) is 5.15. The first-order chi connectivity index (χ1) is 10.8. The van der Waals surface area contributed by atoms with Crippen LogP contribution in [0.1, 0.15) is 57.8 Å². The van der Waals surface area contributed by atoms with Crippen LogP contribution in [-0.2, 0) is 4.74 Å². The van der Waals surface area contributed by atoms with Gasteiger partial charge in [-0.3, -0.25) is 0 Å². The van der Waals surface area contributed by atoms with Gasteiger partial charge < -0.3 is 14.9 Å². The summed E-state index contributed by atoms with van der Waals surface area (Å²) in [4.78, 5) is 0. The second kappa shape index (κ2) is 9.49. The predicted octanol–water partition coefficient (Wildman–Crippen LogP) is 3.61. The highest BCUT2D eigenvalue weighted by atomic mass is 16.5. The summed E-state index contributed by atoms with van der Waals surface area (Å²) in [5, 5.41) is 18.6. The zero-order valence-electron chi connectivity index (χ0n) is 13.7. The quantitative estimate of drug-likeness (QED) is 0.453. The Labute approximate surface area is 135 Å². The monoisotopic (exact) mass is 308 g/mol. The minimum Gasteiger partial charge on any atom is -0.396 e. The van der Waals surface area contributed by atoms with E-state index in [0.717, 1.165) is 12.8 Å². The molecule has 3 heteroatoms. The van der Waals surface area contributed by atoms with E-state index in [0.29, 0.717) is 37.1 Å². The first kappa shape index (κ1) is 17.7. The predicted molar refractivity (Wildman–Crippen MR) is 89.6 cm³/mol. The molecule has 0 aromatic heterocycles. The maximum Gasteiger partial charge on any atom is 0.0755 e. The Morgan fingerprint density at radius 2 is 1.82 bits per heavy atom. The second-order valence-electron chi connectivity index (χ2n) is 6.79. The fourth-order valence-electron chi connectivity index (χ4n) is 3.98. The smallest absolute Gasteiger partial charge is 0.0755 e. The van der Waals surface area contributed by atoms with Gasteiger partial charge in [-0.2, -0.15) is 0 Å². The lowest BCUT2D eigenvalue weighted by Gasteiger charge is -2.26. The number of ether oxygens (including phenoxy) is 1. The molecule has 0 aromatic carbocycles. The lowest BCUT2D eigenvalue weighted by Crippen LogP contribution is -2.26. The van der Waals surface area contributed by atoms with E-state index in [4.69, 9.17) is 9.84 Å². The van der Waals surface area contributed by atoms with Gasteiger partial charge in [-0.25, -0.2) is 0 Å². The molecule has 0 saturated carbocycles. The van der Waals surface area contributed by atoms with Gasteiger partial charge in [-0.05, 0) is 38.0 Å². The number of aliphatic hydroxyl groups excluding tert-OH is 2. The van der Waals surface area contributed by atoms with Crippen LogP contribution in [0.2, 0.25) is 0 Å². The van der Waals surface area contributed by atoms with Crippen LogP contribution in [0, 0.1) is 11.8 Å². The average molecular weight is 308 g/mol. The number of aliphatic hydroxyl groups is 2. The van der Waals surface area contributed by atoms with E-state index in [1.807, 2.05) is 6.08 Å². The Balaban J connectivity index is 1.76. The fraction of sp³-hybridized carbons (Fsp3) is 0.789. The number of rotatable bonds is 11. The van der Waals surface area contributed by atoms with Crippen LogP contribution >= 0.6 is 0 Å². The summed E-state index contributed by atoms with van der Waals surface area (Å²) in [6.07, 6.45) is 16.3. The van der Waals surface area contributed by atoms with Crippen LogP contribution in [0.25, 0.3) is 0 Å². The van der Waals surface area contributed by atoms with Gasteiger partial charge in [-0.1, -0.05) is 43.9 Å². The van der Waals surface area contributed by atoms with Crippen LogP contribution in [0.5, 0.6) is 0 Å². The molecule has 5 atom stereocenters. The molecule has 2 aliphatic heterocycles. The van der Waals surface area contributed by atoms with Gasteiger partial charge in [0.1, 0.15) is 0 Å². The maximum atomic E-state index is 9.84. The Bertz CT molecular complexity index is 353. The first-order valence-corrected chi connectivity index (χ1v) is 9.00. The van der Waals surface area contributed by atoms with Crippen LogP contribution in [0.15, 0.2) is 24.8 Å². The van der Waals surface area contributed by atoms with Crippen LogP contribution < -0.4 is 0 Å². The van der Waals surface area contributed by atoms with Crippen molar-refractivity contribution in [1.29, 1.82) is 0 Å². The van der Waals surface area contributed by atoms with Crippen molar-refractivity contribution in [3.63, 3.8) is 0 Å². The number of fused-ring (bicyclic) bond motifs is 2. The molecule has 2 heterocycles. The van der Waals surface area contributed by atoms with E-state index < -0.39 is 6.10 Å². The summed E-state index contributed by atoms with van der Waals surface area (Å²) in [7, 11) is 0. The Morgan fingerprint density at radius 3 is 2.59 bits per heavy atom. The minimum absolute atomic E-state index is 0.320. The topological polar surface area (TPSA) is 49.7 Å². The highest BCUT2D eigenvalue weighted by Gasteiger charge is 2.46. The van der Waals surface area contributed by atoms with Crippen molar-refractivity contribution in [1.82, 2.24) is 0 Å². The summed E-state index contributed by atoms with van der Waals surface area (Å²) in [5.74, 6) is 1.11. The molecular formula is C19H32O3. The summed E-state index contributed by atoms with van der Waals surface area (Å²) in [6, 6.07) is 0. The lowest BCUT2D eigenvalue weighted by atomic mass is 9.76. The van der Waals surface area contributed by atoms with E-state index in [9.17, 15) is 5.11 Å². The second-order valence-corrected chi connectivity index (χ2v) is 6.79. The van der Waals surface area contributed by atoms with Crippen molar-refractivity contribution in [2.75, 3.05) is 6.61 Å². The highest BCUT2D eigenvalue weighted by molar-refractivity contribution is 5.07. The third kappa shape index (κ3) is 4.94. The molecule has 5 unspecified atom stereocenters. The van der Waals surface area contributed by atoms with E-state index >= 15 is 0 Å². The number of hydrogen-bond donors (Lipinski definition) is 2. The SMILES string of the molecule is C=CCC(O)C=CC1C2CCC(O2)C1CCCCCCCO. The van der Waals surface area contributed by atoms with Crippen LogP contribution in [0.3, 0.4) is 0 Å². The summed E-state index contributed by atoms with van der Waals surface area (Å²) in [5.41, 5.74) is 0. The Morgan fingerprint density at radius 1 is 1.09 bits per heavy atom. The molecule has 2 fully saturated rings. The molecule has 0 radical (unpaired) electrons. The first-order valence-electron chi connectivity index (χ1n) is 9.00. The van der Waals surface area contributed by atoms with Gasteiger partial charge in [0.05, 0.1) is 18.3 Å². The van der Waals surface area contributed by atoms with Gasteiger partial charge in [0, 0.05) is 12.5 Å². The molecule has 2 saturated heterocycles. The summed E-state index contributed by atoms with van der Waals surface area (Å²) < 4.78 is 6.10. The van der Waals surface area contributed by atoms with E-state index in [-0.39, 0.29) is 0 Å². The van der Waals surface area contributed by atoms with Gasteiger partial charge in [0.2, 0.25) is 0 Å². The molecule has 126 valence electrons. The molecule has 2 rings (SSSR count). The third-order valence-electron chi connectivity index (χ3n) is 5.15. The minimum atomic E-state index is -0.407. The van der Waals surface area contributed by atoms with Gasteiger partial charge >= 0.3 is 0 Å². The zero-order chi connectivity index (χ0) is 15.8. The molecule has 0 amide bonds. The standard InChI is InChI=1S/C19H32O3/c1-2-8-15(21)10-11-17-16(18-12-13-19(17)22-18)9-6-4-3-5-7-14-20/h2,10-11,15-21H,1,3-9,12-14H2. The molecule has 2 aliphatic rings. The van der Waals surface area contributed by atoms with Gasteiger partial charge in [0.15, 0.2) is 0 Å². The van der Waals surface area contributed by atoms with E-state index in [1.54, 1.807) is 6.08 Å². The molecule has 0 aliphatic carbocycles. The maximum absolute atomic E-state index is 9.84. The van der Waals surface area contributed by atoms with Crippen molar-refractivity contribution in [3.05, 3.63) is 24.8 Å². The molecule has 0 aromatic rings. The van der Waals surface area contributed by atoms with E-state index in [2.05, 4.69) is 12.7 Å². The highest BCUT2D eigenvalue weighted by Crippen LogP contribution is 2.46. The summed E-state index contributed by atoms with van der Waals surface area (Å²) in [6.45, 7) is 3.99. The molecule has 22 heavy (non-hydrogen) atoms. The van der Waals surface area contributed by atoms with Crippen molar-refractivity contribution >= 4 is 0 Å². The van der Waals surface area contributed by atoms with E-state index in [1.165, 1.54) is 38.5 Å².